The lowest BCUT2D eigenvalue weighted by Gasteiger charge is -2.07. The molecule has 130 valence electrons. The second kappa shape index (κ2) is 15.2. The van der Waals surface area contributed by atoms with E-state index in [1.807, 2.05) is 0 Å². The first-order chi connectivity index (χ1) is 10.6. The van der Waals surface area contributed by atoms with Crippen LogP contribution in [0.2, 0.25) is 0 Å². The molecule has 1 unspecified atom stereocenters. The Morgan fingerprint density at radius 3 is 1.64 bits per heavy atom. The third-order valence-electron chi connectivity index (χ3n) is 3.28. The van der Waals surface area contributed by atoms with Crippen LogP contribution in [0.3, 0.4) is 0 Å². The lowest BCUT2D eigenvalue weighted by molar-refractivity contribution is 0.243. The van der Waals surface area contributed by atoms with Crippen molar-refractivity contribution in [2.24, 2.45) is 0 Å². The van der Waals surface area contributed by atoms with Crippen LogP contribution in [0.5, 0.6) is 0 Å². The van der Waals surface area contributed by atoms with Gasteiger partial charge in [0, 0.05) is 0 Å². The monoisotopic (exact) mass is 332 g/mol. The van der Waals surface area contributed by atoms with Crippen LogP contribution in [0, 0.1) is 0 Å². The van der Waals surface area contributed by atoms with Gasteiger partial charge in [-0.2, -0.15) is 0 Å². The summed E-state index contributed by atoms with van der Waals surface area (Å²) in [4.78, 5) is 9.44. The standard InChI is InChI=1S/C17H33O4P/c1-3-5-7-9-11-13-15-17-21-22(18,19)20-16-14-12-10-8-6-4-2/h14-17H,3-13H2,1-2H3,(H,18,19). The largest absolute Gasteiger partial charge is 0.583 e. The highest BCUT2D eigenvalue weighted by molar-refractivity contribution is 7.47. The molecule has 0 radical (unpaired) electrons. The minimum atomic E-state index is -3.99. The molecule has 0 aromatic heterocycles. The normalized spacial score (nSPS) is 14.5. The molecular weight excluding hydrogens is 299 g/mol. The molecule has 22 heavy (non-hydrogen) atoms. The number of unbranched alkanes of at least 4 members (excludes halogenated alkanes) is 9. The van der Waals surface area contributed by atoms with Crippen molar-refractivity contribution in [1.29, 1.82) is 0 Å². The third kappa shape index (κ3) is 15.7. The molecule has 0 aromatic rings. The molecule has 0 saturated heterocycles. The minimum Gasteiger partial charge on any atom is -0.404 e. The Hall–Kier alpha value is -0.730. The van der Waals surface area contributed by atoms with E-state index in [1.165, 1.54) is 57.5 Å². The molecule has 4 nitrogen and oxygen atoms in total. The van der Waals surface area contributed by atoms with Gasteiger partial charge in [-0.15, -0.1) is 0 Å². The quantitative estimate of drug-likeness (QED) is 0.212. The average molecular weight is 332 g/mol. The zero-order valence-electron chi connectivity index (χ0n) is 14.2. The molecule has 1 N–H and O–H groups in total. The molecule has 0 bridgehead atoms. The van der Waals surface area contributed by atoms with E-state index < -0.39 is 7.82 Å². The van der Waals surface area contributed by atoms with Crippen LogP contribution < -0.4 is 0 Å². The molecule has 0 aliphatic heterocycles. The number of hydrogen-bond donors (Lipinski definition) is 1. The van der Waals surface area contributed by atoms with Crippen molar-refractivity contribution in [2.45, 2.75) is 84.5 Å². The molecule has 0 saturated carbocycles. The van der Waals surface area contributed by atoms with E-state index in [0.717, 1.165) is 25.7 Å². The van der Waals surface area contributed by atoms with Gasteiger partial charge >= 0.3 is 7.82 Å². The Balaban J connectivity index is 3.63. The number of phosphoric ester groups is 1. The smallest absolute Gasteiger partial charge is 0.404 e. The Bertz CT molecular complexity index is 340. The molecule has 0 amide bonds. The van der Waals surface area contributed by atoms with Crippen molar-refractivity contribution in [3.63, 3.8) is 0 Å². The summed E-state index contributed by atoms with van der Waals surface area (Å²) >= 11 is 0. The van der Waals surface area contributed by atoms with Crippen LogP contribution in [0.1, 0.15) is 84.5 Å². The predicted molar refractivity (Wildman–Crippen MR) is 92.4 cm³/mol. The molecular formula is C17H33O4P. The zero-order chi connectivity index (χ0) is 16.5. The predicted octanol–water partition coefficient (Wildman–Crippen LogP) is 6.48. The van der Waals surface area contributed by atoms with Crippen molar-refractivity contribution >= 4 is 7.82 Å². The van der Waals surface area contributed by atoms with E-state index in [-0.39, 0.29) is 0 Å². The SMILES string of the molecule is CCCCCCC=COP(=O)(O)OC=CCCCCCCC. The maximum Gasteiger partial charge on any atom is 0.583 e. The summed E-state index contributed by atoms with van der Waals surface area (Å²) in [6.07, 6.45) is 18.5. The van der Waals surface area contributed by atoms with E-state index in [9.17, 15) is 9.46 Å². The number of hydrogen-bond acceptors (Lipinski definition) is 3. The van der Waals surface area contributed by atoms with Gasteiger partial charge < -0.3 is 9.05 Å². The van der Waals surface area contributed by atoms with Gasteiger partial charge in [0.2, 0.25) is 0 Å². The van der Waals surface area contributed by atoms with Gasteiger partial charge in [-0.05, 0) is 37.8 Å². The van der Waals surface area contributed by atoms with E-state index in [2.05, 4.69) is 13.8 Å². The molecule has 0 aromatic carbocycles. The lowest BCUT2D eigenvalue weighted by atomic mass is 10.1. The zero-order valence-corrected chi connectivity index (χ0v) is 15.1. The fourth-order valence-electron chi connectivity index (χ4n) is 1.96. The van der Waals surface area contributed by atoms with Crippen LogP contribution >= 0.6 is 7.82 Å². The van der Waals surface area contributed by atoms with E-state index >= 15 is 0 Å². The fourth-order valence-corrected chi connectivity index (χ4v) is 2.48. The summed E-state index contributed by atoms with van der Waals surface area (Å²) in [5.41, 5.74) is 0. The Morgan fingerprint density at radius 1 is 0.773 bits per heavy atom. The van der Waals surface area contributed by atoms with Gasteiger partial charge in [-0.1, -0.05) is 58.8 Å². The maximum absolute atomic E-state index is 11.5. The van der Waals surface area contributed by atoms with Crippen molar-refractivity contribution in [3.05, 3.63) is 24.7 Å². The van der Waals surface area contributed by atoms with E-state index in [1.54, 1.807) is 12.2 Å². The first-order valence-corrected chi connectivity index (χ1v) is 10.1. The Kier molecular flexibility index (Phi) is 14.7. The van der Waals surface area contributed by atoms with Gasteiger partial charge in [0.15, 0.2) is 0 Å². The van der Waals surface area contributed by atoms with Gasteiger partial charge in [-0.3, -0.25) is 4.89 Å². The highest BCUT2D eigenvalue weighted by Gasteiger charge is 2.19. The summed E-state index contributed by atoms with van der Waals surface area (Å²) in [7, 11) is -3.99. The molecule has 0 aliphatic rings. The van der Waals surface area contributed by atoms with E-state index in [0.29, 0.717) is 0 Å². The summed E-state index contributed by atoms with van der Waals surface area (Å²) in [6.45, 7) is 4.35. The van der Waals surface area contributed by atoms with Crippen molar-refractivity contribution in [3.8, 4) is 0 Å². The molecule has 0 fully saturated rings. The molecule has 0 aliphatic carbocycles. The van der Waals surface area contributed by atoms with E-state index in [4.69, 9.17) is 9.05 Å². The first-order valence-electron chi connectivity index (χ1n) is 8.62. The highest BCUT2D eigenvalue weighted by Crippen LogP contribution is 2.43. The summed E-state index contributed by atoms with van der Waals surface area (Å²) in [6, 6.07) is 0. The first kappa shape index (κ1) is 21.3. The number of rotatable bonds is 15. The van der Waals surface area contributed by atoms with Crippen LogP contribution in [-0.2, 0) is 13.6 Å². The van der Waals surface area contributed by atoms with Crippen LogP contribution in [-0.4, -0.2) is 4.89 Å². The summed E-state index contributed by atoms with van der Waals surface area (Å²) in [5, 5.41) is 0. The van der Waals surface area contributed by atoms with Gasteiger partial charge in [0.25, 0.3) is 0 Å². The average Bonchev–Trinajstić information content (AvgIpc) is 2.49. The Labute approximate surface area is 136 Å². The topological polar surface area (TPSA) is 55.8 Å². The molecule has 0 heterocycles. The number of allylic oxidation sites excluding steroid dienone is 2. The van der Waals surface area contributed by atoms with Gasteiger partial charge in [-0.25, -0.2) is 4.57 Å². The van der Waals surface area contributed by atoms with Crippen molar-refractivity contribution in [1.82, 2.24) is 0 Å². The summed E-state index contributed by atoms with van der Waals surface area (Å²) < 4.78 is 21.0. The third-order valence-corrected chi connectivity index (χ3v) is 4.06. The van der Waals surface area contributed by atoms with Crippen LogP contribution in [0.25, 0.3) is 0 Å². The highest BCUT2D eigenvalue weighted by atomic mass is 31.2. The minimum absolute atomic E-state index is 0.855. The number of phosphoric acid groups is 1. The summed E-state index contributed by atoms with van der Waals surface area (Å²) in [5.74, 6) is 0. The van der Waals surface area contributed by atoms with Crippen LogP contribution in [0.4, 0.5) is 0 Å². The van der Waals surface area contributed by atoms with Crippen molar-refractivity contribution < 1.29 is 18.5 Å². The second-order valence-electron chi connectivity index (χ2n) is 5.48. The fraction of sp³-hybridized carbons (Fsp3) is 0.765. The van der Waals surface area contributed by atoms with Gasteiger partial charge in [0.05, 0.1) is 12.5 Å². The molecule has 0 spiro atoms. The lowest BCUT2D eigenvalue weighted by Crippen LogP contribution is -1.84. The van der Waals surface area contributed by atoms with Crippen LogP contribution in [0.15, 0.2) is 24.7 Å². The maximum atomic E-state index is 11.5. The van der Waals surface area contributed by atoms with Crippen molar-refractivity contribution in [2.75, 3.05) is 0 Å². The Morgan fingerprint density at radius 2 is 1.18 bits per heavy atom. The molecule has 0 rings (SSSR count). The second-order valence-corrected chi connectivity index (χ2v) is 6.83. The molecule has 1 atom stereocenters. The molecule has 5 heteroatoms. The van der Waals surface area contributed by atoms with Gasteiger partial charge in [0.1, 0.15) is 0 Å².